The Hall–Kier alpha value is -2.30. The van der Waals surface area contributed by atoms with Gasteiger partial charge in [-0.2, -0.15) is 0 Å². The molecular formula is C13H11N3O2. The largest absolute Gasteiger partial charge is 0.310 e. The molecule has 1 N–H and O–H groups in total. The highest BCUT2D eigenvalue weighted by atomic mass is 16.3. The van der Waals surface area contributed by atoms with E-state index in [1.165, 1.54) is 0 Å². The van der Waals surface area contributed by atoms with Gasteiger partial charge in [-0.25, -0.2) is 4.98 Å². The van der Waals surface area contributed by atoms with Crippen molar-refractivity contribution < 1.29 is 4.79 Å². The van der Waals surface area contributed by atoms with Crippen LogP contribution < -0.4 is 5.32 Å². The average molecular weight is 241 g/mol. The Bertz CT molecular complexity index is 635. The molecule has 1 amide bonds. The van der Waals surface area contributed by atoms with E-state index in [4.69, 9.17) is 0 Å². The first-order valence-electron chi connectivity index (χ1n) is 5.80. The second-order valence-electron chi connectivity index (χ2n) is 4.46. The van der Waals surface area contributed by atoms with Crippen molar-refractivity contribution in [3.63, 3.8) is 0 Å². The average Bonchev–Trinajstić information content (AvgIpc) is 3.22. The summed E-state index contributed by atoms with van der Waals surface area (Å²) in [5.74, 6) is 0.739. The summed E-state index contributed by atoms with van der Waals surface area (Å²) in [6.45, 7) is 0. The summed E-state index contributed by atoms with van der Waals surface area (Å²) in [6, 6.07) is 6.90. The zero-order valence-electron chi connectivity index (χ0n) is 9.59. The number of pyridine rings is 1. The van der Waals surface area contributed by atoms with Crippen LogP contribution in [0.15, 0.2) is 35.6 Å². The maximum absolute atomic E-state index is 11.6. The van der Waals surface area contributed by atoms with Gasteiger partial charge in [0.15, 0.2) is 0 Å². The van der Waals surface area contributed by atoms with E-state index in [1.54, 1.807) is 30.5 Å². The van der Waals surface area contributed by atoms with Gasteiger partial charge in [0, 0.05) is 17.5 Å². The van der Waals surface area contributed by atoms with Crippen LogP contribution >= 0.6 is 0 Å². The molecule has 0 bridgehead atoms. The molecule has 0 saturated heterocycles. The Morgan fingerprint density at radius 1 is 1.28 bits per heavy atom. The number of rotatable bonds is 3. The minimum Gasteiger partial charge on any atom is -0.310 e. The summed E-state index contributed by atoms with van der Waals surface area (Å²) >= 11 is 0. The summed E-state index contributed by atoms with van der Waals surface area (Å²) in [6.07, 6.45) is 3.56. The second-order valence-corrected chi connectivity index (χ2v) is 4.46. The van der Waals surface area contributed by atoms with Crippen LogP contribution in [0.5, 0.6) is 0 Å². The molecule has 18 heavy (non-hydrogen) atoms. The van der Waals surface area contributed by atoms with Crippen molar-refractivity contribution in [3.05, 3.63) is 35.4 Å². The van der Waals surface area contributed by atoms with Gasteiger partial charge in [0.05, 0.1) is 0 Å². The molecule has 5 nitrogen and oxygen atoms in total. The molecule has 2 aromatic rings. The predicted octanol–water partition coefficient (Wildman–Crippen LogP) is 2.98. The first kappa shape index (κ1) is 10.8. The highest BCUT2D eigenvalue weighted by molar-refractivity contribution is 5.95. The van der Waals surface area contributed by atoms with Crippen molar-refractivity contribution in [1.29, 1.82) is 0 Å². The molecular weight excluding hydrogens is 230 g/mol. The third-order valence-corrected chi connectivity index (χ3v) is 3.01. The van der Waals surface area contributed by atoms with Gasteiger partial charge in [-0.15, -0.1) is 4.91 Å². The molecule has 1 heterocycles. The van der Waals surface area contributed by atoms with Crippen LogP contribution in [0.25, 0.3) is 10.8 Å². The molecule has 3 rings (SSSR count). The lowest BCUT2D eigenvalue weighted by Crippen LogP contribution is -2.14. The van der Waals surface area contributed by atoms with E-state index in [-0.39, 0.29) is 11.8 Å². The molecule has 0 unspecified atom stereocenters. The number of anilines is 1. The fourth-order valence-corrected chi connectivity index (χ4v) is 1.83. The molecule has 1 fully saturated rings. The molecule has 1 aromatic carbocycles. The lowest BCUT2D eigenvalue weighted by atomic mass is 10.1. The van der Waals surface area contributed by atoms with Crippen molar-refractivity contribution in [3.8, 4) is 0 Å². The Morgan fingerprint density at radius 2 is 2.11 bits per heavy atom. The van der Waals surface area contributed by atoms with Crippen molar-refractivity contribution in [2.24, 2.45) is 11.1 Å². The first-order valence-corrected chi connectivity index (χ1v) is 5.80. The molecule has 0 atom stereocenters. The van der Waals surface area contributed by atoms with Crippen LogP contribution in [-0.2, 0) is 4.79 Å². The van der Waals surface area contributed by atoms with Gasteiger partial charge < -0.3 is 5.32 Å². The number of nitrogens with zero attached hydrogens (tertiary/aromatic N) is 2. The quantitative estimate of drug-likeness (QED) is 0.839. The molecule has 90 valence electrons. The number of hydrogen-bond donors (Lipinski definition) is 1. The van der Waals surface area contributed by atoms with Crippen molar-refractivity contribution >= 4 is 28.2 Å². The van der Waals surface area contributed by atoms with Gasteiger partial charge >= 0.3 is 0 Å². The predicted molar refractivity (Wildman–Crippen MR) is 68.6 cm³/mol. The standard InChI is InChI=1S/C13H11N3O2/c17-13(8-1-2-8)15-12-6-9-3-4-11(16-18)5-10(9)7-14-12/h3-8H,1-2H2,(H,14,15,17). The Morgan fingerprint density at radius 3 is 2.83 bits per heavy atom. The summed E-state index contributed by atoms with van der Waals surface area (Å²) in [5.41, 5.74) is 0.374. The molecule has 1 aliphatic rings. The summed E-state index contributed by atoms with van der Waals surface area (Å²) in [5, 5.41) is 7.41. The van der Waals surface area contributed by atoms with E-state index >= 15 is 0 Å². The molecule has 5 heteroatoms. The maximum atomic E-state index is 11.6. The summed E-state index contributed by atoms with van der Waals surface area (Å²) in [7, 11) is 0. The molecule has 1 aliphatic carbocycles. The van der Waals surface area contributed by atoms with E-state index in [2.05, 4.69) is 15.5 Å². The van der Waals surface area contributed by atoms with Crippen molar-refractivity contribution in [2.75, 3.05) is 5.32 Å². The SMILES string of the molecule is O=Nc1ccc2cc(NC(=O)C3CC3)ncc2c1. The Kier molecular flexibility index (Phi) is 2.51. The number of hydrogen-bond acceptors (Lipinski definition) is 4. The van der Waals surface area contributed by atoms with Crippen LogP contribution in [0.3, 0.4) is 0 Å². The number of carbonyl (C=O) groups is 1. The summed E-state index contributed by atoms with van der Waals surface area (Å²) in [4.78, 5) is 26.2. The van der Waals surface area contributed by atoms with Gasteiger partial charge in [0.25, 0.3) is 0 Å². The van der Waals surface area contributed by atoms with Gasteiger partial charge in [0.1, 0.15) is 11.5 Å². The monoisotopic (exact) mass is 241 g/mol. The van der Waals surface area contributed by atoms with Gasteiger partial charge in [-0.1, -0.05) is 6.07 Å². The van der Waals surface area contributed by atoms with Crippen molar-refractivity contribution in [1.82, 2.24) is 4.98 Å². The van der Waals surface area contributed by atoms with E-state index in [9.17, 15) is 9.70 Å². The maximum Gasteiger partial charge on any atom is 0.228 e. The summed E-state index contributed by atoms with van der Waals surface area (Å²) < 4.78 is 0. The fourth-order valence-electron chi connectivity index (χ4n) is 1.83. The molecule has 0 spiro atoms. The van der Waals surface area contributed by atoms with Crippen molar-refractivity contribution in [2.45, 2.75) is 12.8 Å². The van der Waals surface area contributed by atoms with Crippen LogP contribution in [0.4, 0.5) is 11.5 Å². The Balaban J connectivity index is 1.90. The molecule has 0 radical (unpaired) electrons. The van der Waals surface area contributed by atoms with Gasteiger partial charge in [0.2, 0.25) is 5.91 Å². The number of carbonyl (C=O) groups excluding carboxylic acids is 1. The van der Waals surface area contributed by atoms with E-state index < -0.39 is 0 Å². The third kappa shape index (κ3) is 2.07. The van der Waals surface area contributed by atoms with Gasteiger partial charge in [-0.05, 0) is 41.6 Å². The number of aromatic nitrogens is 1. The lowest BCUT2D eigenvalue weighted by Gasteiger charge is -2.04. The van der Waals surface area contributed by atoms with Crippen LogP contribution in [0.2, 0.25) is 0 Å². The minimum atomic E-state index is 0.0352. The third-order valence-electron chi connectivity index (χ3n) is 3.01. The number of benzene rings is 1. The zero-order chi connectivity index (χ0) is 12.5. The number of amides is 1. The van der Waals surface area contributed by atoms with E-state index in [0.29, 0.717) is 11.5 Å². The number of nitroso groups, excluding NO2 is 1. The minimum absolute atomic E-state index is 0.0352. The smallest absolute Gasteiger partial charge is 0.228 e. The number of nitrogens with one attached hydrogen (secondary N) is 1. The fraction of sp³-hybridized carbons (Fsp3) is 0.231. The van der Waals surface area contributed by atoms with Crippen LogP contribution in [0, 0.1) is 10.8 Å². The normalized spacial score (nSPS) is 14.4. The van der Waals surface area contributed by atoms with Gasteiger partial charge in [-0.3, -0.25) is 4.79 Å². The first-order chi connectivity index (χ1) is 8.76. The highest BCUT2D eigenvalue weighted by Crippen LogP contribution is 2.30. The lowest BCUT2D eigenvalue weighted by molar-refractivity contribution is -0.117. The van der Waals surface area contributed by atoms with E-state index in [0.717, 1.165) is 23.6 Å². The highest BCUT2D eigenvalue weighted by Gasteiger charge is 2.29. The second kappa shape index (κ2) is 4.18. The Labute approximate surface area is 103 Å². The van der Waals surface area contributed by atoms with Crippen LogP contribution in [0.1, 0.15) is 12.8 Å². The molecule has 0 aliphatic heterocycles. The molecule has 1 saturated carbocycles. The van der Waals surface area contributed by atoms with E-state index in [1.807, 2.05) is 0 Å². The zero-order valence-corrected chi connectivity index (χ0v) is 9.59. The molecule has 1 aromatic heterocycles. The topological polar surface area (TPSA) is 71.4 Å². The number of fused-ring (bicyclic) bond motifs is 1. The van der Waals surface area contributed by atoms with Crippen LogP contribution in [-0.4, -0.2) is 10.9 Å².